The fourth-order valence-corrected chi connectivity index (χ4v) is 3.75. The lowest BCUT2D eigenvalue weighted by molar-refractivity contribution is -0.129. The Morgan fingerprint density at radius 3 is 2.28 bits per heavy atom. The molecule has 0 bridgehead atoms. The molecule has 1 fully saturated rings. The first-order valence-electron chi connectivity index (χ1n) is 9.45. The van der Waals surface area contributed by atoms with E-state index < -0.39 is 21.4 Å². The minimum atomic E-state index is -3.26. The van der Waals surface area contributed by atoms with Crippen molar-refractivity contribution in [3.63, 3.8) is 0 Å². The number of Topliss-reactive ketones (excluding diaryl/α,β-unsaturated/α-hetero) is 1. The van der Waals surface area contributed by atoms with E-state index in [0.717, 1.165) is 6.26 Å². The van der Waals surface area contributed by atoms with E-state index >= 15 is 0 Å². The minimum absolute atomic E-state index is 0.163. The molecule has 0 saturated carbocycles. The molecule has 0 aromatic heterocycles. The van der Waals surface area contributed by atoms with Crippen molar-refractivity contribution in [2.24, 2.45) is 11.3 Å². The van der Waals surface area contributed by atoms with Gasteiger partial charge >= 0.3 is 5.97 Å². The summed E-state index contributed by atoms with van der Waals surface area (Å²) >= 11 is 0. The van der Waals surface area contributed by atoms with E-state index in [9.17, 15) is 22.8 Å². The number of para-hydroxylation sites is 1. The Kier molecular flexibility index (Phi) is 7.18. The lowest BCUT2D eigenvalue weighted by Crippen LogP contribution is -2.41. The molecule has 160 valence electrons. The van der Waals surface area contributed by atoms with Gasteiger partial charge in [0.15, 0.2) is 12.4 Å². The number of anilines is 1. The summed E-state index contributed by atoms with van der Waals surface area (Å²) < 4.78 is 29.7. The Balaban J connectivity index is 2.01. The molecule has 0 unspecified atom stereocenters. The lowest BCUT2D eigenvalue weighted by Gasteiger charge is -2.29. The van der Waals surface area contributed by atoms with E-state index in [1.807, 2.05) is 0 Å². The number of piperidine rings is 1. The van der Waals surface area contributed by atoms with Gasteiger partial charge in [0.2, 0.25) is 15.9 Å². The SMILES string of the molecule is CC(C)(C)C(=O)COC(=O)c1ccccc1NC(=O)C1CCN(S(C)(=O)=O)CC1. The van der Waals surface area contributed by atoms with Crippen molar-refractivity contribution >= 4 is 33.4 Å². The summed E-state index contributed by atoms with van der Waals surface area (Å²) in [5, 5.41) is 2.74. The van der Waals surface area contributed by atoms with Gasteiger partial charge in [0.1, 0.15) is 0 Å². The Labute approximate surface area is 171 Å². The van der Waals surface area contributed by atoms with E-state index in [4.69, 9.17) is 4.74 Å². The Morgan fingerprint density at radius 1 is 1.14 bits per heavy atom. The molecule has 8 nitrogen and oxygen atoms in total. The number of nitrogens with zero attached hydrogens (tertiary/aromatic N) is 1. The molecule has 0 radical (unpaired) electrons. The van der Waals surface area contributed by atoms with Crippen molar-refractivity contribution in [2.45, 2.75) is 33.6 Å². The molecule has 1 amide bonds. The second-order valence-corrected chi connectivity index (χ2v) is 10.2. The highest BCUT2D eigenvalue weighted by atomic mass is 32.2. The van der Waals surface area contributed by atoms with E-state index in [1.54, 1.807) is 39.0 Å². The maximum absolute atomic E-state index is 12.6. The summed E-state index contributed by atoms with van der Waals surface area (Å²) in [6.45, 7) is 5.46. The highest BCUT2D eigenvalue weighted by molar-refractivity contribution is 7.88. The van der Waals surface area contributed by atoms with E-state index in [0.29, 0.717) is 18.5 Å². The maximum atomic E-state index is 12.6. The van der Waals surface area contributed by atoms with Crippen LogP contribution < -0.4 is 5.32 Å². The van der Waals surface area contributed by atoms with Crippen LogP contribution in [-0.4, -0.2) is 56.3 Å². The average molecular weight is 425 g/mol. The second kappa shape index (κ2) is 9.04. The normalized spacial score (nSPS) is 16.3. The largest absolute Gasteiger partial charge is 0.454 e. The van der Waals surface area contributed by atoms with E-state index in [-0.39, 0.29) is 42.9 Å². The molecule has 0 atom stereocenters. The summed E-state index contributed by atoms with van der Waals surface area (Å²) in [6, 6.07) is 6.43. The number of sulfonamides is 1. The number of ether oxygens (including phenoxy) is 1. The van der Waals surface area contributed by atoms with Crippen LogP contribution in [-0.2, 0) is 24.3 Å². The Hall–Kier alpha value is -2.26. The molecule has 1 N–H and O–H groups in total. The van der Waals surface area contributed by atoms with Crippen LogP contribution in [0.1, 0.15) is 44.0 Å². The highest BCUT2D eigenvalue weighted by Crippen LogP contribution is 2.23. The molecule has 1 aliphatic heterocycles. The molecule has 29 heavy (non-hydrogen) atoms. The molecule has 0 spiro atoms. The predicted octanol–water partition coefficient (Wildman–Crippen LogP) is 2.07. The quantitative estimate of drug-likeness (QED) is 0.700. The number of hydrogen-bond acceptors (Lipinski definition) is 6. The van der Waals surface area contributed by atoms with Crippen LogP contribution in [0.25, 0.3) is 0 Å². The number of nitrogens with one attached hydrogen (secondary N) is 1. The monoisotopic (exact) mass is 424 g/mol. The average Bonchev–Trinajstić information content (AvgIpc) is 2.64. The number of carbonyl (C=O) groups excluding carboxylic acids is 3. The Bertz CT molecular complexity index is 880. The zero-order valence-electron chi connectivity index (χ0n) is 17.2. The van der Waals surface area contributed by atoms with Crippen molar-refractivity contribution < 1.29 is 27.5 Å². The number of esters is 1. The molecule has 9 heteroatoms. The predicted molar refractivity (Wildman–Crippen MR) is 109 cm³/mol. The van der Waals surface area contributed by atoms with Gasteiger partial charge in [-0.3, -0.25) is 9.59 Å². The van der Waals surface area contributed by atoms with Gasteiger partial charge in [0.25, 0.3) is 0 Å². The third-order valence-electron chi connectivity index (χ3n) is 4.87. The van der Waals surface area contributed by atoms with Crippen LogP contribution in [0.3, 0.4) is 0 Å². The van der Waals surface area contributed by atoms with Crippen molar-refractivity contribution in [3.05, 3.63) is 29.8 Å². The zero-order chi connectivity index (χ0) is 21.8. The third-order valence-corrected chi connectivity index (χ3v) is 6.17. The van der Waals surface area contributed by atoms with Gasteiger partial charge in [0.05, 0.1) is 17.5 Å². The first-order chi connectivity index (χ1) is 13.4. The van der Waals surface area contributed by atoms with Gasteiger partial charge in [-0.2, -0.15) is 0 Å². The molecule has 2 rings (SSSR count). The third kappa shape index (κ3) is 6.37. The number of hydrogen-bond donors (Lipinski definition) is 1. The summed E-state index contributed by atoms with van der Waals surface area (Å²) in [7, 11) is -3.26. The topological polar surface area (TPSA) is 110 Å². The van der Waals surface area contributed by atoms with Crippen LogP contribution in [0.2, 0.25) is 0 Å². The molecule has 1 aliphatic rings. The first-order valence-corrected chi connectivity index (χ1v) is 11.3. The van der Waals surface area contributed by atoms with Crippen molar-refractivity contribution in [3.8, 4) is 0 Å². The fraction of sp³-hybridized carbons (Fsp3) is 0.550. The van der Waals surface area contributed by atoms with Gasteiger partial charge < -0.3 is 10.1 Å². The minimum Gasteiger partial charge on any atom is -0.454 e. The Morgan fingerprint density at radius 2 is 1.72 bits per heavy atom. The number of carbonyl (C=O) groups is 3. The second-order valence-electron chi connectivity index (χ2n) is 8.22. The van der Waals surface area contributed by atoms with Crippen molar-refractivity contribution in [2.75, 3.05) is 31.3 Å². The molecule has 0 aliphatic carbocycles. The first kappa shape index (κ1) is 23.0. The number of benzene rings is 1. The molecular formula is C20H28N2O6S. The van der Waals surface area contributed by atoms with Gasteiger partial charge in [-0.25, -0.2) is 17.5 Å². The van der Waals surface area contributed by atoms with Gasteiger partial charge in [-0.05, 0) is 25.0 Å². The van der Waals surface area contributed by atoms with Crippen LogP contribution in [0, 0.1) is 11.3 Å². The van der Waals surface area contributed by atoms with E-state index in [2.05, 4.69) is 5.32 Å². The van der Waals surface area contributed by atoms with Crippen LogP contribution in [0.15, 0.2) is 24.3 Å². The van der Waals surface area contributed by atoms with Crippen LogP contribution >= 0.6 is 0 Å². The van der Waals surface area contributed by atoms with Crippen molar-refractivity contribution in [1.29, 1.82) is 0 Å². The molecule has 1 aromatic carbocycles. The number of rotatable bonds is 6. The van der Waals surface area contributed by atoms with Gasteiger partial charge in [-0.15, -0.1) is 0 Å². The molecule has 1 heterocycles. The van der Waals surface area contributed by atoms with Crippen LogP contribution in [0.5, 0.6) is 0 Å². The summed E-state index contributed by atoms with van der Waals surface area (Å²) in [6.07, 6.45) is 1.97. The fourth-order valence-electron chi connectivity index (χ4n) is 2.88. The van der Waals surface area contributed by atoms with Gasteiger partial charge in [-0.1, -0.05) is 32.9 Å². The summed E-state index contributed by atoms with van der Waals surface area (Å²) in [5.41, 5.74) is -0.151. The molecule has 1 saturated heterocycles. The smallest absolute Gasteiger partial charge is 0.340 e. The lowest BCUT2D eigenvalue weighted by atomic mass is 9.91. The number of amides is 1. The zero-order valence-corrected chi connectivity index (χ0v) is 18.0. The molecule has 1 aromatic rings. The number of ketones is 1. The van der Waals surface area contributed by atoms with Gasteiger partial charge in [0, 0.05) is 24.4 Å². The standard InChI is InChI=1S/C20H28N2O6S/c1-20(2,3)17(23)13-28-19(25)15-7-5-6-8-16(15)21-18(24)14-9-11-22(12-10-14)29(4,26)27/h5-8,14H,9-13H2,1-4H3,(H,21,24). The summed E-state index contributed by atoms with van der Waals surface area (Å²) in [5.74, 6) is -1.51. The van der Waals surface area contributed by atoms with E-state index in [1.165, 1.54) is 10.4 Å². The maximum Gasteiger partial charge on any atom is 0.340 e. The van der Waals surface area contributed by atoms with Crippen molar-refractivity contribution in [1.82, 2.24) is 4.31 Å². The summed E-state index contributed by atoms with van der Waals surface area (Å²) in [4.78, 5) is 37.0. The molecular weight excluding hydrogens is 396 g/mol. The highest BCUT2D eigenvalue weighted by Gasteiger charge is 2.30. The van der Waals surface area contributed by atoms with Crippen LogP contribution in [0.4, 0.5) is 5.69 Å².